The number of hydrogen-bond donors (Lipinski definition) is 0. The Labute approximate surface area is 119 Å². The van der Waals surface area contributed by atoms with Gasteiger partial charge in [-0.2, -0.15) is 0 Å². The molecule has 2 aromatic rings. The van der Waals surface area contributed by atoms with Crippen molar-refractivity contribution in [1.29, 1.82) is 0 Å². The summed E-state index contributed by atoms with van der Waals surface area (Å²) in [6.07, 6.45) is 0. The first-order chi connectivity index (χ1) is 8.52. The van der Waals surface area contributed by atoms with E-state index in [-0.39, 0.29) is 5.78 Å². The molecule has 0 saturated heterocycles. The van der Waals surface area contributed by atoms with Crippen LogP contribution in [0.5, 0.6) is 5.75 Å². The van der Waals surface area contributed by atoms with Crippen LogP contribution in [0.3, 0.4) is 0 Å². The highest BCUT2D eigenvalue weighted by atomic mass is 35.5. The summed E-state index contributed by atoms with van der Waals surface area (Å²) in [7, 11) is 1.60. The summed E-state index contributed by atoms with van der Waals surface area (Å²) in [6, 6.07) is 6.86. The van der Waals surface area contributed by atoms with E-state index in [1.54, 1.807) is 31.4 Å². The molecule has 0 aliphatic rings. The van der Waals surface area contributed by atoms with E-state index in [9.17, 15) is 4.79 Å². The van der Waals surface area contributed by atoms with Gasteiger partial charge >= 0.3 is 0 Å². The van der Waals surface area contributed by atoms with Gasteiger partial charge in [0.15, 0.2) is 5.78 Å². The molecule has 18 heavy (non-hydrogen) atoms. The fourth-order valence-corrected chi connectivity index (χ4v) is 3.13. The Morgan fingerprint density at radius 3 is 2.50 bits per heavy atom. The average Bonchev–Trinajstić information content (AvgIpc) is 2.67. The van der Waals surface area contributed by atoms with E-state index in [0.29, 0.717) is 19.8 Å². The molecule has 5 heteroatoms. The second-order valence-corrected chi connectivity index (χ2v) is 6.04. The summed E-state index contributed by atoms with van der Waals surface area (Å²) in [5.74, 6) is 0.620. The van der Waals surface area contributed by atoms with Crippen LogP contribution in [0.4, 0.5) is 0 Å². The molecule has 1 heterocycles. The molecule has 0 aliphatic heterocycles. The quantitative estimate of drug-likeness (QED) is 0.774. The van der Waals surface area contributed by atoms with Crippen LogP contribution >= 0.6 is 34.5 Å². The lowest BCUT2D eigenvalue weighted by Gasteiger charge is -2.06. The lowest BCUT2D eigenvalue weighted by molar-refractivity contribution is 0.103. The summed E-state index contributed by atoms with van der Waals surface area (Å²) in [6.45, 7) is 1.89. The summed E-state index contributed by atoms with van der Waals surface area (Å²) in [5, 5.41) is 0. The smallest absolute Gasteiger partial charge is 0.195 e. The number of halogens is 2. The van der Waals surface area contributed by atoms with Crippen molar-refractivity contribution >= 4 is 40.3 Å². The second-order valence-electron chi connectivity index (χ2n) is 3.75. The number of thiophene rings is 1. The summed E-state index contributed by atoms with van der Waals surface area (Å²) < 4.78 is 6.08. The van der Waals surface area contributed by atoms with Gasteiger partial charge in [0, 0.05) is 5.56 Å². The minimum Gasteiger partial charge on any atom is -0.496 e. The van der Waals surface area contributed by atoms with Crippen LogP contribution in [0.1, 0.15) is 21.5 Å². The second kappa shape index (κ2) is 5.31. The molecule has 1 aromatic carbocycles. The van der Waals surface area contributed by atoms with Crippen molar-refractivity contribution in [3.05, 3.63) is 49.6 Å². The number of aryl methyl sites for hydroxylation is 1. The molecular weight excluding hydrogens is 291 g/mol. The number of benzene rings is 1. The molecule has 0 fully saturated rings. The van der Waals surface area contributed by atoms with Crippen LogP contribution in [0.2, 0.25) is 8.67 Å². The van der Waals surface area contributed by atoms with Crippen molar-refractivity contribution in [2.45, 2.75) is 6.92 Å². The normalized spacial score (nSPS) is 10.4. The van der Waals surface area contributed by atoms with Crippen LogP contribution in [-0.4, -0.2) is 12.9 Å². The third-order valence-corrected chi connectivity index (χ3v) is 4.05. The van der Waals surface area contributed by atoms with Gasteiger partial charge in [-0.25, -0.2) is 0 Å². The van der Waals surface area contributed by atoms with E-state index in [4.69, 9.17) is 27.9 Å². The van der Waals surface area contributed by atoms with Crippen molar-refractivity contribution in [3.63, 3.8) is 0 Å². The van der Waals surface area contributed by atoms with Gasteiger partial charge in [-0.05, 0) is 36.8 Å². The van der Waals surface area contributed by atoms with Crippen LogP contribution in [0, 0.1) is 6.92 Å². The van der Waals surface area contributed by atoms with Gasteiger partial charge in [-0.15, -0.1) is 11.3 Å². The van der Waals surface area contributed by atoms with E-state index < -0.39 is 0 Å². The molecule has 0 unspecified atom stereocenters. The van der Waals surface area contributed by atoms with Gasteiger partial charge in [0.25, 0.3) is 0 Å². The van der Waals surface area contributed by atoms with Crippen molar-refractivity contribution in [3.8, 4) is 5.75 Å². The predicted octanol–water partition coefficient (Wildman–Crippen LogP) is 4.60. The Morgan fingerprint density at radius 1 is 1.28 bits per heavy atom. The topological polar surface area (TPSA) is 26.3 Å². The summed E-state index contributed by atoms with van der Waals surface area (Å²) >= 11 is 13.0. The molecular formula is C13H10Cl2O2S. The van der Waals surface area contributed by atoms with Crippen LogP contribution in [0.25, 0.3) is 0 Å². The van der Waals surface area contributed by atoms with Gasteiger partial charge in [0.2, 0.25) is 0 Å². The van der Waals surface area contributed by atoms with E-state index in [1.165, 1.54) is 11.3 Å². The number of carbonyl (C=O) groups is 1. The SMILES string of the molecule is COc1ccc(C(=O)c2cc(Cl)sc2Cl)cc1C. The maximum absolute atomic E-state index is 12.3. The number of carbonyl (C=O) groups excluding carboxylic acids is 1. The number of ether oxygens (including phenoxy) is 1. The third-order valence-electron chi connectivity index (χ3n) is 2.56. The summed E-state index contributed by atoms with van der Waals surface area (Å²) in [5.41, 5.74) is 1.92. The molecule has 1 aromatic heterocycles. The van der Waals surface area contributed by atoms with Crippen molar-refractivity contribution in [2.75, 3.05) is 7.11 Å². The molecule has 2 rings (SSSR count). The molecule has 2 nitrogen and oxygen atoms in total. The zero-order valence-corrected chi connectivity index (χ0v) is 12.1. The Hall–Kier alpha value is -1.03. The molecule has 0 aliphatic carbocycles. The molecule has 0 saturated carbocycles. The third kappa shape index (κ3) is 2.53. The first kappa shape index (κ1) is 13.4. The lowest BCUT2D eigenvalue weighted by atomic mass is 10.0. The predicted molar refractivity (Wildman–Crippen MR) is 75.5 cm³/mol. The van der Waals surface area contributed by atoms with Gasteiger partial charge in [0.1, 0.15) is 10.1 Å². The molecule has 0 radical (unpaired) electrons. The standard InChI is InChI=1S/C13H10Cl2O2S/c1-7-5-8(3-4-10(7)17-2)12(16)9-6-11(14)18-13(9)15/h3-6H,1-2H3. The van der Waals surface area contributed by atoms with E-state index >= 15 is 0 Å². The van der Waals surface area contributed by atoms with Gasteiger partial charge in [-0.1, -0.05) is 23.2 Å². The lowest BCUT2D eigenvalue weighted by Crippen LogP contribution is -2.01. The highest BCUT2D eigenvalue weighted by Gasteiger charge is 2.16. The first-order valence-corrected chi connectivity index (χ1v) is 6.74. The first-order valence-electron chi connectivity index (χ1n) is 5.17. The van der Waals surface area contributed by atoms with Crippen molar-refractivity contribution in [1.82, 2.24) is 0 Å². The van der Waals surface area contributed by atoms with Crippen LogP contribution in [-0.2, 0) is 0 Å². The largest absolute Gasteiger partial charge is 0.496 e. The van der Waals surface area contributed by atoms with Crippen LogP contribution < -0.4 is 4.74 Å². The zero-order valence-electron chi connectivity index (χ0n) is 9.79. The molecule has 0 amide bonds. The van der Waals surface area contributed by atoms with Gasteiger partial charge < -0.3 is 4.74 Å². The fraction of sp³-hybridized carbons (Fsp3) is 0.154. The molecule has 0 bridgehead atoms. The van der Waals surface area contributed by atoms with Gasteiger partial charge in [-0.3, -0.25) is 4.79 Å². The molecule has 0 N–H and O–H groups in total. The number of ketones is 1. The highest BCUT2D eigenvalue weighted by molar-refractivity contribution is 7.20. The maximum Gasteiger partial charge on any atom is 0.195 e. The number of hydrogen-bond acceptors (Lipinski definition) is 3. The van der Waals surface area contributed by atoms with Crippen LogP contribution in [0.15, 0.2) is 24.3 Å². The van der Waals surface area contributed by atoms with Crippen molar-refractivity contribution < 1.29 is 9.53 Å². The van der Waals surface area contributed by atoms with Gasteiger partial charge in [0.05, 0.1) is 17.0 Å². The zero-order chi connectivity index (χ0) is 13.3. The molecule has 0 atom stereocenters. The Balaban J connectivity index is 2.40. The summed E-state index contributed by atoms with van der Waals surface area (Å²) in [4.78, 5) is 12.3. The van der Waals surface area contributed by atoms with Crippen molar-refractivity contribution in [2.24, 2.45) is 0 Å². The number of rotatable bonds is 3. The fourth-order valence-electron chi connectivity index (χ4n) is 1.67. The monoisotopic (exact) mass is 300 g/mol. The Morgan fingerprint density at radius 2 is 2.00 bits per heavy atom. The maximum atomic E-state index is 12.3. The minimum atomic E-state index is -0.131. The Bertz CT molecular complexity index is 605. The number of methoxy groups -OCH3 is 1. The highest BCUT2D eigenvalue weighted by Crippen LogP contribution is 2.33. The minimum absolute atomic E-state index is 0.131. The average molecular weight is 301 g/mol. The molecule has 94 valence electrons. The van der Waals surface area contributed by atoms with E-state index in [1.807, 2.05) is 6.92 Å². The molecule has 0 spiro atoms. The van der Waals surface area contributed by atoms with E-state index in [2.05, 4.69) is 0 Å². The Kier molecular flexibility index (Phi) is 3.95. The van der Waals surface area contributed by atoms with E-state index in [0.717, 1.165) is 11.3 Å².